The van der Waals surface area contributed by atoms with Crippen LogP contribution in [0.1, 0.15) is 41.0 Å². The number of carbonyl (C=O) groups is 2. The molecule has 0 spiro atoms. The van der Waals surface area contributed by atoms with Gasteiger partial charge in [0.05, 0.1) is 5.69 Å². The molecule has 14 heteroatoms. The number of alkyl halides is 3. The standard InChI is InChI=1S/C25H23F3N6O4S/c1-11-19(23(36)37-12(2)25(26,27)28)39-24(30-11)33-22(35)16-8-17(9-16)32-21-18-10-15(20-31-13(3)38-34-20)5-4-14(18)6-7-29-21/h4-7,10,12,16-17H,8-9H2,1-3H3,(H,29,32)(H,30,33,35)/t12-,16?,17?/m0/s1. The number of thiazole rings is 1. The van der Waals surface area contributed by atoms with Gasteiger partial charge in [-0.3, -0.25) is 4.79 Å². The normalized spacial score (nSPS) is 17.9. The molecule has 0 saturated heterocycles. The van der Waals surface area contributed by atoms with Crippen LogP contribution in [-0.4, -0.2) is 50.3 Å². The number of aryl methyl sites for hydroxylation is 2. The summed E-state index contributed by atoms with van der Waals surface area (Å²) < 4.78 is 47.7. The highest BCUT2D eigenvalue weighted by atomic mass is 32.1. The van der Waals surface area contributed by atoms with E-state index in [0.717, 1.165) is 34.6 Å². The Morgan fingerprint density at radius 1 is 1.18 bits per heavy atom. The fourth-order valence-electron chi connectivity index (χ4n) is 4.11. The first-order valence-electron chi connectivity index (χ1n) is 12.0. The van der Waals surface area contributed by atoms with Crippen molar-refractivity contribution in [2.24, 2.45) is 5.92 Å². The summed E-state index contributed by atoms with van der Waals surface area (Å²) in [4.78, 5) is 37.6. The van der Waals surface area contributed by atoms with Crippen LogP contribution in [0.15, 0.2) is 35.0 Å². The number of carbonyl (C=O) groups excluding carboxylic acids is 2. The number of hydrogen-bond donors (Lipinski definition) is 2. The van der Waals surface area contributed by atoms with Crippen LogP contribution in [0.3, 0.4) is 0 Å². The molecular weight excluding hydrogens is 537 g/mol. The van der Waals surface area contributed by atoms with Crippen LogP contribution in [0.4, 0.5) is 24.1 Å². The number of esters is 1. The maximum atomic E-state index is 12.7. The Balaban J connectivity index is 1.19. The van der Waals surface area contributed by atoms with Crippen molar-refractivity contribution in [2.45, 2.75) is 51.9 Å². The summed E-state index contributed by atoms with van der Waals surface area (Å²) in [5.74, 6) is -0.110. The maximum absolute atomic E-state index is 12.7. The van der Waals surface area contributed by atoms with Crippen molar-refractivity contribution in [3.8, 4) is 11.4 Å². The molecule has 1 aromatic carbocycles. The third kappa shape index (κ3) is 5.70. The Labute approximate surface area is 224 Å². The van der Waals surface area contributed by atoms with Gasteiger partial charge in [0.1, 0.15) is 10.7 Å². The van der Waals surface area contributed by atoms with E-state index in [9.17, 15) is 22.8 Å². The minimum atomic E-state index is -4.67. The molecule has 3 heterocycles. The number of anilines is 2. The predicted octanol–water partition coefficient (Wildman–Crippen LogP) is 5.29. The molecule has 1 saturated carbocycles. The van der Waals surface area contributed by atoms with Crippen molar-refractivity contribution >= 4 is 44.9 Å². The van der Waals surface area contributed by atoms with E-state index in [-0.39, 0.29) is 33.6 Å². The lowest BCUT2D eigenvalue weighted by atomic mass is 9.79. The summed E-state index contributed by atoms with van der Waals surface area (Å²) in [6.07, 6.45) is -4.15. The Hall–Kier alpha value is -4.07. The molecule has 3 aromatic heterocycles. The monoisotopic (exact) mass is 560 g/mol. The summed E-state index contributed by atoms with van der Waals surface area (Å²) in [7, 11) is 0. The van der Waals surface area contributed by atoms with Crippen LogP contribution >= 0.6 is 11.3 Å². The van der Waals surface area contributed by atoms with Gasteiger partial charge >= 0.3 is 12.1 Å². The second-order valence-electron chi connectivity index (χ2n) is 9.25. The number of hydrogen-bond acceptors (Lipinski definition) is 10. The van der Waals surface area contributed by atoms with Crippen LogP contribution < -0.4 is 10.6 Å². The van der Waals surface area contributed by atoms with E-state index in [1.807, 2.05) is 24.3 Å². The predicted molar refractivity (Wildman–Crippen MR) is 136 cm³/mol. The highest BCUT2D eigenvalue weighted by Gasteiger charge is 2.40. The lowest BCUT2D eigenvalue weighted by Crippen LogP contribution is -2.42. The Kier molecular flexibility index (Phi) is 6.97. The molecule has 1 aliphatic carbocycles. The molecule has 1 fully saturated rings. The number of nitrogens with one attached hydrogen (secondary N) is 2. The molecule has 4 aromatic rings. The number of aromatic nitrogens is 4. The van der Waals surface area contributed by atoms with Crippen LogP contribution in [-0.2, 0) is 9.53 Å². The third-order valence-corrected chi connectivity index (χ3v) is 7.41. The van der Waals surface area contributed by atoms with Crippen molar-refractivity contribution in [3.63, 3.8) is 0 Å². The van der Waals surface area contributed by atoms with E-state index >= 15 is 0 Å². The molecule has 1 amide bonds. The maximum Gasteiger partial charge on any atom is 0.425 e. The average Bonchev–Trinajstić information content (AvgIpc) is 3.45. The molecule has 0 unspecified atom stereocenters. The lowest BCUT2D eigenvalue weighted by Gasteiger charge is -2.35. The van der Waals surface area contributed by atoms with Gasteiger partial charge in [-0.25, -0.2) is 14.8 Å². The number of fused-ring (bicyclic) bond motifs is 1. The molecule has 0 radical (unpaired) electrons. The van der Waals surface area contributed by atoms with Crippen LogP contribution in [0, 0.1) is 19.8 Å². The van der Waals surface area contributed by atoms with E-state index in [2.05, 4.69) is 35.5 Å². The molecule has 0 aliphatic heterocycles. The van der Waals surface area contributed by atoms with Gasteiger partial charge in [0.25, 0.3) is 0 Å². The third-order valence-electron chi connectivity index (χ3n) is 6.36. The molecule has 2 N–H and O–H groups in total. The first kappa shape index (κ1) is 26.5. The fraction of sp³-hybridized carbons (Fsp3) is 0.360. The van der Waals surface area contributed by atoms with Crippen molar-refractivity contribution in [2.75, 3.05) is 10.6 Å². The number of amides is 1. The minimum Gasteiger partial charge on any atom is -0.449 e. The van der Waals surface area contributed by atoms with Gasteiger partial charge in [-0.15, -0.1) is 0 Å². The minimum absolute atomic E-state index is 0.00218. The smallest absolute Gasteiger partial charge is 0.425 e. The van der Waals surface area contributed by atoms with Crippen LogP contribution in [0.2, 0.25) is 0 Å². The van der Waals surface area contributed by atoms with Gasteiger partial charge in [-0.2, -0.15) is 18.2 Å². The van der Waals surface area contributed by atoms with E-state index in [1.54, 1.807) is 13.1 Å². The van der Waals surface area contributed by atoms with Crippen LogP contribution in [0.5, 0.6) is 0 Å². The van der Waals surface area contributed by atoms with Gasteiger partial charge in [0.2, 0.25) is 17.6 Å². The van der Waals surface area contributed by atoms with E-state index < -0.39 is 18.2 Å². The highest BCUT2D eigenvalue weighted by molar-refractivity contribution is 7.17. The van der Waals surface area contributed by atoms with Crippen molar-refractivity contribution in [1.29, 1.82) is 0 Å². The number of ether oxygens (including phenoxy) is 1. The summed E-state index contributed by atoms with van der Waals surface area (Å²) in [6.45, 7) is 3.93. The Morgan fingerprint density at radius 2 is 1.95 bits per heavy atom. The molecule has 1 atom stereocenters. The summed E-state index contributed by atoms with van der Waals surface area (Å²) in [6, 6.07) is 7.68. The highest BCUT2D eigenvalue weighted by Crippen LogP contribution is 2.35. The second kappa shape index (κ2) is 10.2. The molecule has 10 nitrogen and oxygen atoms in total. The molecule has 39 heavy (non-hydrogen) atoms. The van der Waals surface area contributed by atoms with Gasteiger partial charge in [0.15, 0.2) is 11.2 Å². The van der Waals surface area contributed by atoms with E-state index in [0.29, 0.717) is 30.4 Å². The number of rotatable bonds is 7. The first-order valence-corrected chi connectivity index (χ1v) is 12.8. The summed E-state index contributed by atoms with van der Waals surface area (Å²) >= 11 is 0.779. The summed E-state index contributed by atoms with van der Waals surface area (Å²) in [5, 5.41) is 12.0. The molecular formula is C25H23F3N6O4S. The van der Waals surface area contributed by atoms with Gasteiger partial charge in [0, 0.05) is 36.0 Å². The molecule has 5 rings (SSSR count). The largest absolute Gasteiger partial charge is 0.449 e. The molecule has 0 bridgehead atoms. The van der Waals surface area contributed by atoms with Crippen molar-refractivity contribution in [3.05, 3.63) is 46.9 Å². The first-order chi connectivity index (χ1) is 18.5. The van der Waals surface area contributed by atoms with E-state index in [1.165, 1.54) is 6.92 Å². The average molecular weight is 561 g/mol. The van der Waals surface area contributed by atoms with E-state index in [4.69, 9.17) is 4.52 Å². The number of nitrogens with zero attached hydrogens (tertiary/aromatic N) is 4. The number of halogens is 3. The zero-order valence-corrected chi connectivity index (χ0v) is 21.8. The fourth-order valence-corrected chi connectivity index (χ4v) is 4.96. The Morgan fingerprint density at radius 3 is 2.64 bits per heavy atom. The van der Waals surface area contributed by atoms with Crippen molar-refractivity contribution < 1.29 is 32.0 Å². The molecule has 204 valence electrons. The quantitative estimate of drug-likeness (QED) is 0.289. The van der Waals surface area contributed by atoms with Gasteiger partial charge < -0.3 is 19.9 Å². The topological polar surface area (TPSA) is 132 Å². The van der Waals surface area contributed by atoms with Gasteiger partial charge in [-0.1, -0.05) is 28.6 Å². The van der Waals surface area contributed by atoms with Crippen molar-refractivity contribution in [1.82, 2.24) is 20.1 Å². The lowest BCUT2D eigenvalue weighted by molar-refractivity contribution is -0.198. The molecule has 1 aliphatic rings. The Bertz CT molecular complexity index is 1550. The zero-order valence-electron chi connectivity index (χ0n) is 21.0. The number of benzene rings is 1. The number of pyridine rings is 1. The SMILES string of the molecule is Cc1nc(-c2ccc3ccnc(NC4CC(C(=O)Nc5nc(C)c(C(=O)O[C@@H](C)C(F)(F)F)s5)C4)c3c2)no1. The van der Waals surface area contributed by atoms with Gasteiger partial charge in [-0.05, 0) is 44.2 Å². The summed E-state index contributed by atoms with van der Waals surface area (Å²) in [5.41, 5.74) is 0.969. The zero-order chi connectivity index (χ0) is 27.9. The second-order valence-corrected chi connectivity index (χ2v) is 10.3. The van der Waals surface area contributed by atoms with Crippen LogP contribution in [0.25, 0.3) is 22.2 Å².